The van der Waals surface area contributed by atoms with Crippen molar-refractivity contribution in [2.24, 2.45) is 0 Å². The summed E-state index contributed by atoms with van der Waals surface area (Å²) in [6.45, 7) is -0.0791. The molecular formula is C14H10FN3O2. The molecule has 0 radical (unpaired) electrons. The van der Waals surface area contributed by atoms with E-state index in [0.717, 1.165) is 6.07 Å². The molecule has 0 aliphatic heterocycles. The summed E-state index contributed by atoms with van der Waals surface area (Å²) in [7, 11) is 0. The van der Waals surface area contributed by atoms with Gasteiger partial charge in [0.05, 0.1) is 5.56 Å². The largest absolute Gasteiger partial charge is 0.457 e. The number of rotatable bonds is 3. The van der Waals surface area contributed by atoms with Gasteiger partial charge in [0.25, 0.3) is 0 Å². The van der Waals surface area contributed by atoms with Gasteiger partial charge in [0.2, 0.25) is 0 Å². The zero-order valence-corrected chi connectivity index (χ0v) is 10.3. The minimum Gasteiger partial charge on any atom is -0.457 e. The molecule has 0 amide bonds. The van der Waals surface area contributed by atoms with Crippen LogP contribution in [0.1, 0.15) is 21.6 Å². The Kier molecular flexibility index (Phi) is 3.91. The molecule has 2 rings (SSSR count). The predicted octanol–water partition coefficient (Wildman–Crippen LogP) is 2.03. The van der Waals surface area contributed by atoms with E-state index in [1.54, 1.807) is 6.07 Å². The normalized spacial score (nSPS) is 9.80. The number of nitrogens with two attached hydrogens (primary N) is 1. The second kappa shape index (κ2) is 5.80. The average Bonchev–Trinajstić information content (AvgIpc) is 2.47. The van der Waals surface area contributed by atoms with Gasteiger partial charge in [-0.25, -0.2) is 14.2 Å². The molecule has 0 saturated carbocycles. The van der Waals surface area contributed by atoms with Crippen LogP contribution in [0.5, 0.6) is 0 Å². The monoisotopic (exact) mass is 271 g/mol. The van der Waals surface area contributed by atoms with Crippen molar-refractivity contribution in [3.8, 4) is 6.07 Å². The van der Waals surface area contributed by atoms with Gasteiger partial charge in [-0.2, -0.15) is 5.26 Å². The minimum absolute atomic E-state index is 0.0791. The SMILES string of the molecule is N#Cc1cc(COC(=O)c2cc(N)ccc2F)ccn1. The van der Waals surface area contributed by atoms with Crippen LogP contribution < -0.4 is 5.73 Å². The molecule has 0 spiro atoms. The second-order valence-corrected chi connectivity index (χ2v) is 3.98. The highest BCUT2D eigenvalue weighted by molar-refractivity contribution is 5.90. The number of halogens is 1. The van der Waals surface area contributed by atoms with E-state index in [1.807, 2.05) is 6.07 Å². The summed E-state index contributed by atoms with van der Waals surface area (Å²) in [5.74, 6) is -1.51. The molecule has 1 aromatic carbocycles. The first-order chi connectivity index (χ1) is 9.60. The molecule has 0 aliphatic rings. The Labute approximate surface area is 114 Å². The lowest BCUT2D eigenvalue weighted by Crippen LogP contribution is -2.08. The van der Waals surface area contributed by atoms with Gasteiger partial charge < -0.3 is 10.5 Å². The maximum absolute atomic E-state index is 13.5. The van der Waals surface area contributed by atoms with Crippen molar-refractivity contribution in [1.82, 2.24) is 4.98 Å². The molecule has 2 aromatic rings. The summed E-state index contributed by atoms with van der Waals surface area (Å²) in [6, 6.07) is 8.64. The molecule has 100 valence electrons. The third-order valence-electron chi connectivity index (χ3n) is 2.52. The van der Waals surface area contributed by atoms with E-state index in [9.17, 15) is 9.18 Å². The first-order valence-electron chi connectivity index (χ1n) is 5.67. The van der Waals surface area contributed by atoms with Crippen LogP contribution in [0.4, 0.5) is 10.1 Å². The van der Waals surface area contributed by atoms with Crippen LogP contribution in [0.25, 0.3) is 0 Å². The van der Waals surface area contributed by atoms with Crippen molar-refractivity contribution >= 4 is 11.7 Å². The molecule has 0 atom stereocenters. The Balaban J connectivity index is 2.09. The summed E-state index contributed by atoms with van der Waals surface area (Å²) in [5, 5.41) is 8.70. The number of esters is 1. The molecule has 1 aromatic heterocycles. The Hall–Kier alpha value is -2.94. The van der Waals surface area contributed by atoms with E-state index in [0.29, 0.717) is 5.56 Å². The number of carbonyl (C=O) groups excluding carboxylic acids is 1. The van der Waals surface area contributed by atoms with Crippen molar-refractivity contribution in [2.75, 3.05) is 5.73 Å². The van der Waals surface area contributed by atoms with E-state index >= 15 is 0 Å². The molecule has 0 aliphatic carbocycles. The first kappa shape index (κ1) is 13.5. The number of nitrogens with zero attached hydrogens (tertiary/aromatic N) is 2. The highest BCUT2D eigenvalue weighted by Crippen LogP contribution is 2.14. The third-order valence-corrected chi connectivity index (χ3v) is 2.52. The molecule has 20 heavy (non-hydrogen) atoms. The summed E-state index contributed by atoms with van der Waals surface area (Å²) in [5.41, 5.74) is 6.35. The lowest BCUT2D eigenvalue weighted by molar-refractivity contribution is 0.0467. The van der Waals surface area contributed by atoms with Gasteiger partial charge in [-0.3, -0.25) is 0 Å². The zero-order chi connectivity index (χ0) is 14.5. The number of carbonyl (C=O) groups is 1. The zero-order valence-electron chi connectivity index (χ0n) is 10.3. The summed E-state index contributed by atoms with van der Waals surface area (Å²) in [6.07, 6.45) is 1.43. The number of ether oxygens (including phenoxy) is 1. The van der Waals surface area contributed by atoms with Crippen LogP contribution in [-0.2, 0) is 11.3 Å². The third kappa shape index (κ3) is 3.09. The van der Waals surface area contributed by atoms with E-state index in [1.165, 1.54) is 24.4 Å². The molecule has 0 fully saturated rings. The van der Waals surface area contributed by atoms with Crippen LogP contribution in [-0.4, -0.2) is 11.0 Å². The van der Waals surface area contributed by atoms with Crippen LogP contribution >= 0.6 is 0 Å². The van der Waals surface area contributed by atoms with Crippen LogP contribution in [0.2, 0.25) is 0 Å². The predicted molar refractivity (Wildman–Crippen MR) is 68.9 cm³/mol. The van der Waals surface area contributed by atoms with Gasteiger partial charge >= 0.3 is 5.97 Å². The fourth-order valence-corrected chi connectivity index (χ4v) is 1.55. The van der Waals surface area contributed by atoms with Crippen LogP contribution in [0, 0.1) is 17.1 Å². The van der Waals surface area contributed by atoms with Gasteiger partial charge in [0.1, 0.15) is 24.2 Å². The van der Waals surface area contributed by atoms with Crippen molar-refractivity contribution < 1.29 is 13.9 Å². The molecule has 0 bridgehead atoms. The number of hydrogen-bond acceptors (Lipinski definition) is 5. The number of anilines is 1. The fourth-order valence-electron chi connectivity index (χ4n) is 1.55. The number of pyridine rings is 1. The number of nitriles is 1. The topological polar surface area (TPSA) is 89.0 Å². The van der Waals surface area contributed by atoms with Crippen molar-refractivity contribution in [2.45, 2.75) is 6.61 Å². The smallest absolute Gasteiger partial charge is 0.341 e. The Morgan fingerprint density at radius 1 is 1.40 bits per heavy atom. The number of nitrogen functional groups attached to an aromatic ring is 1. The van der Waals surface area contributed by atoms with E-state index in [4.69, 9.17) is 15.7 Å². The molecule has 2 N–H and O–H groups in total. The van der Waals surface area contributed by atoms with Gasteiger partial charge in [-0.1, -0.05) is 0 Å². The molecule has 5 nitrogen and oxygen atoms in total. The Bertz CT molecular complexity index is 695. The lowest BCUT2D eigenvalue weighted by atomic mass is 10.2. The van der Waals surface area contributed by atoms with Gasteiger partial charge in [-0.15, -0.1) is 0 Å². The van der Waals surface area contributed by atoms with Crippen LogP contribution in [0.15, 0.2) is 36.5 Å². The molecule has 6 heteroatoms. The molecular weight excluding hydrogens is 261 g/mol. The van der Waals surface area contributed by atoms with Gasteiger partial charge in [-0.05, 0) is 35.9 Å². The van der Waals surface area contributed by atoms with Crippen molar-refractivity contribution in [1.29, 1.82) is 5.26 Å². The molecule has 0 unspecified atom stereocenters. The van der Waals surface area contributed by atoms with Gasteiger partial charge in [0.15, 0.2) is 0 Å². The molecule has 0 saturated heterocycles. The lowest BCUT2D eigenvalue weighted by Gasteiger charge is -2.06. The fraction of sp³-hybridized carbons (Fsp3) is 0.0714. The second-order valence-electron chi connectivity index (χ2n) is 3.98. The molecule has 1 heterocycles. The van der Waals surface area contributed by atoms with E-state index in [-0.39, 0.29) is 23.6 Å². The van der Waals surface area contributed by atoms with Crippen LogP contribution in [0.3, 0.4) is 0 Å². The van der Waals surface area contributed by atoms with E-state index in [2.05, 4.69) is 4.98 Å². The summed E-state index contributed by atoms with van der Waals surface area (Å²) in [4.78, 5) is 15.5. The highest BCUT2D eigenvalue weighted by Gasteiger charge is 2.13. The highest BCUT2D eigenvalue weighted by atomic mass is 19.1. The minimum atomic E-state index is -0.815. The summed E-state index contributed by atoms with van der Waals surface area (Å²) >= 11 is 0. The van der Waals surface area contributed by atoms with Crippen molar-refractivity contribution in [3.63, 3.8) is 0 Å². The van der Waals surface area contributed by atoms with Crippen molar-refractivity contribution in [3.05, 3.63) is 59.2 Å². The maximum atomic E-state index is 13.5. The average molecular weight is 271 g/mol. The first-order valence-corrected chi connectivity index (χ1v) is 5.67. The van der Waals surface area contributed by atoms with E-state index < -0.39 is 11.8 Å². The Morgan fingerprint density at radius 3 is 2.95 bits per heavy atom. The maximum Gasteiger partial charge on any atom is 0.341 e. The summed E-state index contributed by atoms with van der Waals surface area (Å²) < 4.78 is 18.4. The number of benzene rings is 1. The standard InChI is InChI=1S/C14H10FN3O2/c15-13-2-1-10(17)6-12(13)14(19)20-8-9-3-4-18-11(5-9)7-16/h1-6H,8,17H2. The quantitative estimate of drug-likeness (QED) is 0.681. The number of hydrogen-bond donors (Lipinski definition) is 1. The van der Waals surface area contributed by atoms with Gasteiger partial charge in [0, 0.05) is 11.9 Å². The Morgan fingerprint density at radius 2 is 2.20 bits per heavy atom. The number of aromatic nitrogens is 1.